The quantitative estimate of drug-likeness (QED) is 0.303. The fraction of sp³-hybridized carbons (Fsp3) is 0.240. The zero-order valence-electron chi connectivity index (χ0n) is 18.9. The minimum Gasteiger partial charge on any atom is -0.339 e. The summed E-state index contributed by atoms with van der Waals surface area (Å²) in [5, 5.41) is 0.743. The summed E-state index contributed by atoms with van der Waals surface area (Å²) in [6, 6.07) is 13.5. The highest BCUT2D eigenvalue weighted by atomic mass is 35.5. The molecule has 7 nitrogen and oxygen atoms in total. The third-order valence-corrected chi connectivity index (χ3v) is 5.75. The third-order valence-electron chi connectivity index (χ3n) is 5.20. The van der Waals surface area contributed by atoms with Gasteiger partial charge in [-0.25, -0.2) is 9.97 Å². The predicted octanol–water partition coefficient (Wildman–Crippen LogP) is 5.07. The Labute approximate surface area is 208 Å². The maximum Gasteiger partial charge on any atom is 0.255 e. The second-order valence-electron chi connectivity index (χ2n) is 7.42. The molecule has 176 valence electrons. The molecule has 1 heterocycles. The number of ketones is 1. The molecule has 0 saturated heterocycles. The highest BCUT2D eigenvalue weighted by molar-refractivity contribution is 6.34. The lowest BCUT2D eigenvalue weighted by molar-refractivity contribution is -0.117. The highest BCUT2D eigenvalue weighted by Crippen LogP contribution is 2.27. The van der Waals surface area contributed by atoms with Crippen molar-refractivity contribution in [2.24, 2.45) is 0 Å². The van der Waals surface area contributed by atoms with Gasteiger partial charge < -0.3 is 9.80 Å². The Morgan fingerprint density at radius 1 is 0.912 bits per heavy atom. The molecule has 2 amide bonds. The molecule has 0 spiro atoms. The first-order valence-corrected chi connectivity index (χ1v) is 11.5. The molecule has 0 saturated carbocycles. The van der Waals surface area contributed by atoms with Crippen LogP contribution in [-0.2, 0) is 11.3 Å². The van der Waals surface area contributed by atoms with Crippen molar-refractivity contribution < 1.29 is 14.4 Å². The van der Waals surface area contributed by atoms with Crippen molar-refractivity contribution in [3.63, 3.8) is 0 Å². The zero-order chi connectivity index (χ0) is 24.7. The number of rotatable bonds is 9. The van der Waals surface area contributed by atoms with Crippen LogP contribution < -0.4 is 4.90 Å². The van der Waals surface area contributed by atoms with E-state index in [1.165, 1.54) is 17.3 Å². The van der Waals surface area contributed by atoms with E-state index in [9.17, 15) is 14.4 Å². The van der Waals surface area contributed by atoms with Crippen LogP contribution in [0.25, 0.3) is 0 Å². The van der Waals surface area contributed by atoms with Gasteiger partial charge in [0.1, 0.15) is 0 Å². The molecule has 0 aliphatic heterocycles. The Kier molecular flexibility index (Phi) is 8.73. The molecular weight excluding hydrogens is 475 g/mol. The van der Waals surface area contributed by atoms with E-state index in [1.807, 2.05) is 19.9 Å². The number of amides is 2. The fourth-order valence-corrected chi connectivity index (χ4v) is 3.89. The zero-order valence-corrected chi connectivity index (χ0v) is 20.4. The molecule has 3 aromatic rings. The van der Waals surface area contributed by atoms with E-state index >= 15 is 0 Å². The molecule has 2 aromatic carbocycles. The molecule has 0 N–H and O–H groups in total. The smallest absolute Gasteiger partial charge is 0.255 e. The highest BCUT2D eigenvalue weighted by Gasteiger charge is 2.24. The van der Waals surface area contributed by atoms with Crippen molar-refractivity contribution in [1.82, 2.24) is 14.9 Å². The van der Waals surface area contributed by atoms with E-state index in [1.54, 1.807) is 47.4 Å². The Morgan fingerprint density at radius 3 is 2.24 bits per heavy atom. The molecule has 0 aliphatic rings. The van der Waals surface area contributed by atoms with Gasteiger partial charge >= 0.3 is 0 Å². The van der Waals surface area contributed by atoms with E-state index < -0.39 is 18.1 Å². The Hall–Kier alpha value is -3.29. The third kappa shape index (κ3) is 6.18. The molecule has 1 aromatic heterocycles. The normalized spacial score (nSPS) is 10.6. The molecule has 9 heteroatoms. The summed E-state index contributed by atoms with van der Waals surface area (Å²) in [4.78, 5) is 49.5. The molecule has 34 heavy (non-hydrogen) atoms. The number of halogens is 2. The second kappa shape index (κ2) is 11.7. The largest absolute Gasteiger partial charge is 0.339 e. The maximum atomic E-state index is 13.2. The summed E-state index contributed by atoms with van der Waals surface area (Å²) >= 11 is 12.6. The van der Waals surface area contributed by atoms with E-state index in [0.29, 0.717) is 29.4 Å². The van der Waals surface area contributed by atoms with Crippen molar-refractivity contribution >= 4 is 46.5 Å². The Balaban J connectivity index is 1.93. The van der Waals surface area contributed by atoms with E-state index in [0.717, 1.165) is 5.56 Å². The van der Waals surface area contributed by atoms with Crippen LogP contribution in [0, 0.1) is 0 Å². The van der Waals surface area contributed by atoms with Gasteiger partial charge in [-0.3, -0.25) is 14.4 Å². The first-order valence-electron chi connectivity index (χ1n) is 10.8. The number of nitrogens with zero attached hydrogens (tertiary/aromatic N) is 4. The number of carbonyl (C=O) groups excluding carboxylic acids is 3. The molecule has 0 aliphatic carbocycles. The molecule has 3 rings (SSSR count). The predicted molar refractivity (Wildman–Crippen MR) is 132 cm³/mol. The van der Waals surface area contributed by atoms with Crippen LogP contribution in [0.4, 0.5) is 5.69 Å². The average molecular weight is 499 g/mol. The molecule has 0 unspecified atom stereocenters. The van der Waals surface area contributed by atoms with Crippen LogP contribution in [0.2, 0.25) is 10.0 Å². The maximum absolute atomic E-state index is 13.2. The SMILES string of the molecule is CCN(CC)C(=O)c1ccc(N(Cc2cccc(Cl)c2)C(=O)CC(=O)c2ncccn2)cc1Cl. The molecule has 0 bridgehead atoms. The monoisotopic (exact) mass is 498 g/mol. The summed E-state index contributed by atoms with van der Waals surface area (Å²) in [6.45, 7) is 5.04. The van der Waals surface area contributed by atoms with Gasteiger partial charge in [-0.1, -0.05) is 35.3 Å². The summed E-state index contributed by atoms with van der Waals surface area (Å²) in [7, 11) is 0. The van der Waals surface area contributed by atoms with Gasteiger partial charge in [0.15, 0.2) is 5.82 Å². The second-order valence-corrected chi connectivity index (χ2v) is 8.27. The van der Waals surface area contributed by atoms with Crippen molar-refractivity contribution in [3.05, 3.63) is 87.9 Å². The van der Waals surface area contributed by atoms with Gasteiger partial charge in [0.2, 0.25) is 11.7 Å². The van der Waals surface area contributed by atoms with Crippen LogP contribution in [0.3, 0.4) is 0 Å². The number of carbonyl (C=O) groups is 3. The standard InChI is InChI=1S/C25H24Cl2N4O3/c1-3-30(4-2)25(34)20-10-9-19(14-21(20)27)31(16-17-7-5-8-18(26)13-17)23(33)15-22(32)24-28-11-6-12-29-24/h5-14H,3-4,15-16H2,1-2H3. The number of hydrogen-bond acceptors (Lipinski definition) is 5. The van der Waals surface area contributed by atoms with Gasteiger partial charge in [-0.2, -0.15) is 0 Å². The summed E-state index contributed by atoms with van der Waals surface area (Å²) in [5.41, 5.74) is 1.56. The minimum atomic E-state index is -0.499. The molecule has 0 radical (unpaired) electrons. The van der Waals surface area contributed by atoms with Gasteiger partial charge in [0, 0.05) is 36.2 Å². The number of anilines is 1. The lowest BCUT2D eigenvalue weighted by atomic mass is 10.1. The fourth-order valence-electron chi connectivity index (χ4n) is 3.42. The molecule has 0 fully saturated rings. The Bertz CT molecular complexity index is 1180. The van der Waals surface area contributed by atoms with Crippen molar-refractivity contribution in [1.29, 1.82) is 0 Å². The average Bonchev–Trinajstić information content (AvgIpc) is 2.83. The van der Waals surface area contributed by atoms with Crippen LogP contribution in [-0.4, -0.2) is 45.6 Å². The van der Waals surface area contributed by atoms with E-state index in [-0.39, 0.29) is 23.3 Å². The lowest BCUT2D eigenvalue weighted by Gasteiger charge is -2.24. The van der Waals surface area contributed by atoms with Crippen molar-refractivity contribution in [2.45, 2.75) is 26.8 Å². The first-order chi connectivity index (χ1) is 16.3. The van der Waals surface area contributed by atoms with E-state index in [4.69, 9.17) is 23.2 Å². The number of Topliss-reactive ketones (excluding diaryl/α,β-unsaturated/α-hetero) is 1. The van der Waals surface area contributed by atoms with Gasteiger partial charge in [0.05, 0.1) is 23.6 Å². The van der Waals surface area contributed by atoms with Crippen LogP contribution in [0.1, 0.15) is 46.8 Å². The summed E-state index contributed by atoms with van der Waals surface area (Å²) in [5.74, 6) is -1.18. The minimum absolute atomic E-state index is 0.0308. The Morgan fingerprint density at radius 2 is 1.62 bits per heavy atom. The van der Waals surface area contributed by atoms with Crippen LogP contribution >= 0.6 is 23.2 Å². The van der Waals surface area contributed by atoms with Gasteiger partial charge in [-0.05, 0) is 55.8 Å². The first kappa shape index (κ1) is 25.3. The van der Waals surface area contributed by atoms with Gasteiger partial charge in [-0.15, -0.1) is 0 Å². The van der Waals surface area contributed by atoms with Crippen molar-refractivity contribution in [2.75, 3.05) is 18.0 Å². The molecular formula is C25H24Cl2N4O3. The molecule has 0 atom stereocenters. The van der Waals surface area contributed by atoms with Crippen LogP contribution in [0.15, 0.2) is 60.9 Å². The van der Waals surface area contributed by atoms with Crippen molar-refractivity contribution in [3.8, 4) is 0 Å². The van der Waals surface area contributed by atoms with E-state index in [2.05, 4.69) is 9.97 Å². The number of hydrogen-bond donors (Lipinski definition) is 0. The number of benzene rings is 2. The van der Waals surface area contributed by atoms with Crippen LogP contribution in [0.5, 0.6) is 0 Å². The summed E-state index contributed by atoms with van der Waals surface area (Å²) in [6.07, 6.45) is 2.46. The summed E-state index contributed by atoms with van der Waals surface area (Å²) < 4.78 is 0. The lowest BCUT2D eigenvalue weighted by Crippen LogP contribution is -2.33. The topological polar surface area (TPSA) is 83.5 Å². The number of aromatic nitrogens is 2. The van der Waals surface area contributed by atoms with Gasteiger partial charge in [0.25, 0.3) is 5.91 Å².